The van der Waals surface area contributed by atoms with E-state index in [-0.39, 0.29) is 0 Å². The second kappa shape index (κ2) is 3.49. The van der Waals surface area contributed by atoms with Crippen molar-refractivity contribution in [2.24, 2.45) is 0 Å². The Morgan fingerprint density at radius 1 is 1.33 bits per heavy atom. The molecule has 0 radical (unpaired) electrons. The number of aromatic nitrogens is 2. The van der Waals surface area contributed by atoms with Crippen molar-refractivity contribution >= 4 is 34.4 Å². The summed E-state index contributed by atoms with van der Waals surface area (Å²) in [5.74, 6) is 2.76. The van der Waals surface area contributed by atoms with Crippen LogP contribution in [0.2, 0.25) is 0 Å². The van der Waals surface area contributed by atoms with Gasteiger partial charge >= 0.3 is 0 Å². The number of nitrogens with zero attached hydrogens (tertiary/aromatic N) is 3. The van der Waals surface area contributed by atoms with Gasteiger partial charge in [0.05, 0.1) is 0 Å². The maximum absolute atomic E-state index is 5.44. The van der Waals surface area contributed by atoms with Crippen LogP contribution in [0.1, 0.15) is 0 Å². The third kappa shape index (κ3) is 1.64. The van der Waals surface area contributed by atoms with Gasteiger partial charge in [-0.2, -0.15) is 21.1 Å². The lowest BCUT2D eigenvalue weighted by Gasteiger charge is -2.24. The minimum absolute atomic E-state index is 0.397. The van der Waals surface area contributed by atoms with Crippen molar-refractivity contribution in [1.82, 2.24) is 9.36 Å². The van der Waals surface area contributed by atoms with Crippen molar-refractivity contribution < 1.29 is 0 Å². The van der Waals surface area contributed by atoms with Gasteiger partial charge in [0.15, 0.2) is 0 Å². The van der Waals surface area contributed by atoms with E-state index in [1.165, 1.54) is 23.0 Å². The number of anilines is 2. The summed E-state index contributed by atoms with van der Waals surface area (Å²) < 4.78 is 3.95. The largest absolute Gasteiger partial charge is 0.367 e. The zero-order valence-corrected chi connectivity index (χ0v) is 8.20. The Bertz CT molecular complexity index is 256. The standard InChI is InChI=1S/C6H10N4S2/c7-5-8-6(12-9-5)10-1-3-11-4-2-10/h1-4H2,(H2,7,9). The summed E-state index contributed by atoms with van der Waals surface area (Å²) in [4.78, 5) is 6.38. The van der Waals surface area contributed by atoms with E-state index in [1.54, 1.807) is 0 Å². The molecule has 66 valence electrons. The number of nitrogens with two attached hydrogens (primary N) is 1. The van der Waals surface area contributed by atoms with Gasteiger partial charge < -0.3 is 10.6 Å². The van der Waals surface area contributed by atoms with Crippen LogP contribution in [0.15, 0.2) is 0 Å². The molecular weight excluding hydrogens is 192 g/mol. The SMILES string of the molecule is Nc1nsc(N2CCSCC2)n1. The third-order valence-corrected chi connectivity index (χ3v) is 3.45. The molecule has 12 heavy (non-hydrogen) atoms. The van der Waals surface area contributed by atoms with E-state index in [9.17, 15) is 0 Å². The molecule has 1 saturated heterocycles. The van der Waals surface area contributed by atoms with Gasteiger partial charge in [-0.05, 0) is 0 Å². The normalized spacial score (nSPS) is 18.2. The topological polar surface area (TPSA) is 55.0 Å². The van der Waals surface area contributed by atoms with Crippen LogP contribution in [0.3, 0.4) is 0 Å². The van der Waals surface area contributed by atoms with Crippen molar-refractivity contribution in [3.8, 4) is 0 Å². The highest BCUT2D eigenvalue weighted by Gasteiger charge is 2.14. The van der Waals surface area contributed by atoms with E-state index in [0.717, 1.165) is 18.2 Å². The fraction of sp³-hybridized carbons (Fsp3) is 0.667. The molecule has 0 unspecified atom stereocenters. The quantitative estimate of drug-likeness (QED) is 0.725. The van der Waals surface area contributed by atoms with Gasteiger partial charge in [0.2, 0.25) is 11.1 Å². The first kappa shape index (κ1) is 8.12. The zero-order chi connectivity index (χ0) is 8.39. The second-order valence-corrected chi connectivity index (χ2v) is 4.49. The maximum atomic E-state index is 5.44. The number of thioether (sulfide) groups is 1. The summed E-state index contributed by atoms with van der Waals surface area (Å²) in [5, 5.41) is 0.966. The van der Waals surface area contributed by atoms with Gasteiger partial charge in [0, 0.05) is 36.1 Å². The molecule has 0 aliphatic carbocycles. The minimum atomic E-state index is 0.397. The average molecular weight is 202 g/mol. The van der Waals surface area contributed by atoms with Crippen LogP contribution in [0.25, 0.3) is 0 Å². The molecule has 6 heteroatoms. The molecule has 0 aromatic carbocycles. The Labute approximate surface area is 79.3 Å². The first-order chi connectivity index (χ1) is 5.86. The number of hydrogen-bond donors (Lipinski definition) is 1. The highest BCUT2D eigenvalue weighted by atomic mass is 32.2. The van der Waals surface area contributed by atoms with Gasteiger partial charge in [-0.3, -0.25) is 0 Å². The summed E-state index contributed by atoms with van der Waals surface area (Å²) in [6.07, 6.45) is 0. The summed E-state index contributed by atoms with van der Waals surface area (Å²) in [6.45, 7) is 2.14. The average Bonchev–Trinajstić information content (AvgIpc) is 2.54. The van der Waals surface area contributed by atoms with E-state index in [2.05, 4.69) is 14.3 Å². The van der Waals surface area contributed by atoms with Gasteiger partial charge in [-0.1, -0.05) is 0 Å². The van der Waals surface area contributed by atoms with E-state index in [4.69, 9.17) is 5.73 Å². The van der Waals surface area contributed by atoms with Gasteiger partial charge in [0.25, 0.3) is 0 Å². The summed E-state index contributed by atoms with van der Waals surface area (Å²) >= 11 is 3.37. The van der Waals surface area contributed by atoms with Crippen molar-refractivity contribution in [3.05, 3.63) is 0 Å². The molecule has 1 aliphatic heterocycles. The molecular formula is C6H10N4S2. The summed E-state index contributed by atoms with van der Waals surface area (Å²) in [6, 6.07) is 0. The Morgan fingerprint density at radius 3 is 2.67 bits per heavy atom. The van der Waals surface area contributed by atoms with Gasteiger partial charge in [0.1, 0.15) is 0 Å². The van der Waals surface area contributed by atoms with E-state index >= 15 is 0 Å². The van der Waals surface area contributed by atoms with Crippen LogP contribution >= 0.6 is 23.3 Å². The monoisotopic (exact) mass is 202 g/mol. The first-order valence-corrected chi connectivity index (χ1v) is 5.71. The molecule has 0 atom stereocenters. The molecule has 1 aromatic rings. The van der Waals surface area contributed by atoms with Crippen LogP contribution in [-0.2, 0) is 0 Å². The Hall–Kier alpha value is -0.490. The summed E-state index contributed by atoms with van der Waals surface area (Å²) in [7, 11) is 0. The zero-order valence-electron chi connectivity index (χ0n) is 6.56. The van der Waals surface area contributed by atoms with Crippen molar-refractivity contribution in [2.45, 2.75) is 0 Å². The number of rotatable bonds is 1. The number of hydrogen-bond acceptors (Lipinski definition) is 6. The maximum Gasteiger partial charge on any atom is 0.233 e. The highest BCUT2D eigenvalue weighted by molar-refractivity contribution is 7.99. The third-order valence-electron chi connectivity index (χ3n) is 1.71. The molecule has 4 nitrogen and oxygen atoms in total. The van der Waals surface area contributed by atoms with Crippen molar-refractivity contribution in [3.63, 3.8) is 0 Å². The molecule has 2 rings (SSSR count). The number of nitrogen functional groups attached to an aromatic ring is 1. The molecule has 1 aromatic heterocycles. The second-order valence-electron chi connectivity index (χ2n) is 2.53. The molecule has 2 heterocycles. The van der Waals surface area contributed by atoms with Crippen LogP contribution < -0.4 is 10.6 Å². The Kier molecular flexibility index (Phi) is 2.36. The fourth-order valence-corrected chi connectivity index (χ4v) is 2.66. The summed E-state index contributed by atoms with van der Waals surface area (Å²) in [5.41, 5.74) is 5.44. The Balaban J connectivity index is 2.08. The van der Waals surface area contributed by atoms with E-state index in [1.807, 2.05) is 11.8 Å². The lowest BCUT2D eigenvalue weighted by atomic mass is 10.5. The van der Waals surface area contributed by atoms with Crippen LogP contribution in [-0.4, -0.2) is 34.0 Å². The van der Waals surface area contributed by atoms with E-state index < -0.39 is 0 Å². The van der Waals surface area contributed by atoms with Gasteiger partial charge in [-0.25, -0.2) is 0 Å². The molecule has 0 spiro atoms. The van der Waals surface area contributed by atoms with Crippen LogP contribution in [0.4, 0.5) is 11.1 Å². The fourth-order valence-electron chi connectivity index (χ4n) is 1.11. The lowest BCUT2D eigenvalue weighted by molar-refractivity contribution is 0.853. The van der Waals surface area contributed by atoms with Crippen molar-refractivity contribution in [2.75, 3.05) is 35.2 Å². The molecule has 2 N–H and O–H groups in total. The predicted molar refractivity (Wildman–Crippen MR) is 53.9 cm³/mol. The lowest BCUT2D eigenvalue weighted by Crippen LogP contribution is -2.32. The molecule has 0 saturated carbocycles. The molecule has 1 aliphatic rings. The van der Waals surface area contributed by atoms with Crippen molar-refractivity contribution in [1.29, 1.82) is 0 Å². The molecule has 0 bridgehead atoms. The van der Waals surface area contributed by atoms with Gasteiger partial charge in [-0.15, -0.1) is 0 Å². The van der Waals surface area contributed by atoms with Crippen LogP contribution in [0.5, 0.6) is 0 Å². The molecule has 0 amide bonds. The highest BCUT2D eigenvalue weighted by Crippen LogP contribution is 2.21. The predicted octanol–water partition coefficient (Wildman–Crippen LogP) is 0.673. The Morgan fingerprint density at radius 2 is 2.08 bits per heavy atom. The molecule has 1 fully saturated rings. The first-order valence-electron chi connectivity index (χ1n) is 3.78. The smallest absolute Gasteiger partial charge is 0.233 e. The minimum Gasteiger partial charge on any atom is -0.367 e. The van der Waals surface area contributed by atoms with Crippen LogP contribution in [0, 0.1) is 0 Å². The van der Waals surface area contributed by atoms with E-state index in [0.29, 0.717) is 5.95 Å².